The normalized spacial score (nSPS) is 12.0. The van der Waals surface area contributed by atoms with E-state index in [4.69, 9.17) is 9.47 Å². The molecular weight excluding hydrogens is 206 g/mol. The second kappa shape index (κ2) is 5.51. The van der Waals surface area contributed by atoms with Crippen LogP contribution in [0.1, 0.15) is 17.2 Å². The predicted molar refractivity (Wildman–Crippen MR) is 62.1 cm³/mol. The molecule has 0 bridgehead atoms. The monoisotopic (exact) mass is 223 g/mol. The van der Waals surface area contributed by atoms with Gasteiger partial charge in [-0.25, -0.2) is 0 Å². The molecule has 0 spiro atoms. The molecule has 0 heterocycles. The Morgan fingerprint density at radius 2 is 1.88 bits per heavy atom. The van der Waals surface area contributed by atoms with Gasteiger partial charge in [0.05, 0.1) is 20.3 Å². The number of hydrogen-bond acceptors (Lipinski definition) is 4. The summed E-state index contributed by atoms with van der Waals surface area (Å²) in [6, 6.07) is 3.30. The second-order valence-corrected chi connectivity index (χ2v) is 3.47. The highest BCUT2D eigenvalue weighted by Gasteiger charge is 2.16. The summed E-state index contributed by atoms with van der Waals surface area (Å²) in [6.07, 6.45) is 0.840. The lowest BCUT2D eigenvalue weighted by atomic mass is 10.0. The molecule has 1 N–H and O–H groups in total. The number of aldehydes is 1. The fourth-order valence-electron chi connectivity index (χ4n) is 1.61. The maximum atomic E-state index is 10.9. The Morgan fingerprint density at radius 3 is 2.31 bits per heavy atom. The Morgan fingerprint density at radius 1 is 1.25 bits per heavy atom. The van der Waals surface area contributed by atoms with Crippen molar-refractivity contribution in [1.29, 1.82) is 0 Å². The Balaban J connectivity index is 3.28. The molecule has 0 amide bonds. The number of carbonyl (C=O) groups is 1. The Kier molecular flexibility index (Phi) is 4.31. The van der Waals surface area contributed by atoms with E-state index in [1.54, 1.807) is 21.3 Å². The SMILES string of the molecule is CNC(C=O)c1cc(OC)c(C)cc1OC. The summed E-state index contributed by atoms with van der Waals surface area (Å²) in [5, 5.41) is 2.91. The van der Waals surface area contributed by atoms with E-state index in [2.05, 4.69) is 5.32 Å². The van der Waals surface area contributed by atoms with Crippen LogP contribution in [0.25, 0.3) is 0 Å². The van der Waals surface area contributed by atoms with Crippen LogP contribution in [-0.2, 0) is 4.79 Å². The van der Waals surface area contributed by atoms with Gasteiger partial charge in [0.15, 0.2) is 0 Å². The number of ether oxygens (including phenoxy) is 2. The van der Waals surface area contributed by atoms with Crippen molar-refractivity contribution in [3.05, 3.63) is 23.3 Å². The highest BCUT2D eigenvalue weighted by molar-refractivity contribution is 5.65. The summed E-state index contributed by atoms with van der Waals surface area (Å²) >= 11 is 0. The zero-order chi connectivity index (χ0) is 12.1. The fourth-order valence-corrected chi connectivity index (χ4v) is 1.61. The summed E-state index contributed by atoms with van der Waals surface area (Å²) < 4.78 is 10.5. The lowest BCUT2D eigenvalue weighted by Gasteiger charge is -2.16. The average Bonchev–Trinajstić information content (AvgIpc) is 2.31. The largest absolute Gasteiger partial charge is 0.496 e. The zero-order valence-electron chi connectivity index (χ0n) is 10.0. The number of methoxy groups -OCH3 is 2. The van der Waals surface area contributed by atoms with Crippen LogP contribution in [0.4, 0.5) is 0 Å². The number of rotatable bonds is 5. The first kappa shape index (κ1) is 12.5. The molecule has 1 aromatic rings. The third-order valence-corrected chi connectivity index (χ3v) is 2.53. The topological polar surface area (TPSA) is 47.6 Å². The van der Waals surface area contributed by atoms with E-state index in [1.165, 1.54) is 0 Å². The van der Waals surface area contributed by atoms with Crippen LogP contribution in [0, 0.1) is 6.92 Å². The summed E-state index contributed by atoms with van der Waals surface area (Å²) in [6.45, 7) is 1.93. The van der Waals surface area contributed by atoms with Gasteiger partial charge >= 0.3 is 0 Å². The van der Waals surface area contributed by atoms with Crippen LogP contribution in [-0.4, -0.2) is 27.6 Å². The molecule has 0 aromatic heterocycles. The summed E-state index contributed by atoms with van der Waals surface area (Å²) in [7, 11) is 4.92. The third kappa shape index (κ3) is 2.33. The van der Waals surface area contributed by atoms with E-state index in [0.29, 0.717) is 5.75 Å². The van der Waals surface area contributed by atoms with E-state index in [9.17, 15) is 4.79 Å². The molecule has 4 nitrogen and oxygen atoms in total. The van der Waals surface area contributed by atoms with Crippen LogP contribution in [0.2, 0.25) is 0 Å². The van der Waals surface area contributed by atoms with Crippen molar-refractivity contribution in [2.24, 2.45) is 0 Å². The smallest absolute Gasteiger partial charge is 0.141 e. The molecule has 0 aliphatic rings. The summed E-state index contributed by atoms with van der Waals surface area (Å²) in [5.74, 6) is 1.43. The molecule has 0 saturated carbocycles. The predicted octanol–water partition coefficient (Wildman–Crippen LogP) is 1.47. The molecule has 0 saturated heterocycles. The molecular formula is C12H17NO3. The quantitative estimate of drug-likeness (QED) is 0.768. The van der Waals surface area contributed by atoms with Crippen molar-refractivity contribution in [2.45, 2.75) is 13.0 Å². The first-order valence-electron chi connectivity index (χ1n) is 5.03. The minimum atomic E-state index is -0.385. The molecule has 88 valence electrons. The summed E-state index contributed by atoms with van der Waals surface area (Å²) in [5.41, 5.74) is 1.76. The van der Waals surface area contributed by atoms with E-state index < -0.39 is 0 Å². The van der Waals surface area contributed by atoms with E-state index in [-0.39, 0.29) is 6.04 Å². The van der Waals surface area contributed by atoms with Crippen LogP contribution in [0.3, 0.4) is 0 Å². The first-order valence-corrected chi connectivity index (χ1v) is 5.03. The minimum absolute atomic E-state index is 0.385. The second-order valence-electron chi connectivity index (χ2n) is 3.47. The molecule has 1 atom stereocenters. The maximum absolute atomic E-state index is 10.9. The number of aryl methyl sites for hydroxylation is 1. The molecule has 1 unspecified atom stereocenters. The third-order valence-electron chi connectivity index (χ3n) is 2.53. The fraction of sp³-hybridized carbons (Fsp3) is 0.417. The van der Waals surface area contributed by atoms with Crippen LogP contribution in [0.5, 0.6) is 11.5 Å². The van der Waals surface area contributed by atoms with Crippen molar-refractivity contribution < 1.29 is 14.3 Å². The molecule has 0 aliphatic heterocycles. The van der Waals surface area contributed by atoms with Gasteiger partial charge in [0, 0.05) is 5.56 Å². The lowest BCUT2D eigenvalue weighted by Crippen LogP contribution is -2.18. The maximum Gasteiger partial charge on any atom is 0.141 e. The van der Waals surface area contributed by atoms with E-state index in [1.807, 2.05) is 19.1 Å². The lowest BCUT2D eigenvalue weighted by molar-refractivity contribution is -0.109. The van der Waals surface area contributed by atoms with Crippen molar-refractivity contribution >= 4 is 6.29 Å². The van der Waals surface area contributed by atoms with E-state index >= 15 is 0 Å². The highest BCUT2D eigenvalue weighted by Crippen LogP contribution is 2.31. The van der Waals surface area contributed by atoms with Crippen molar-refractivity contribution in [2.75, 3.05) is 21.3 Å². The van der Waals surface area contributed by atoms with Gasteiger partial charge in [0.2, 0.25) is 0 Å². The highest BCUT2D eigenvalue weighted by atomic mass is 16.5. The van der Waals surface area contributed by atoms with Gasteiger partial charge in [-0.3, -0.25) is 0 Å². The Bertz CT molecular complexity index is 377. The average molecular weight is 223 g/mol. The van der Waals surface area contributed by atoms with E-state index in [0.717, 1.165) is 23.2 Å². The van der Waals surface area contributed by atoms with Gasteiger partial charge in [0.1, 0.15) is 17.8 Å². The van der Waals surface area contributed by atoms with Crippen molar-refractivity contribution in [3.8, 4) is 11.5 Å². The first-order chi connectivity index (χ1) is 7.67. The van der Waals surface area contributed by atoms with Gasteiger partial charge in [-0.1, -0.05) is 0 Å². The minimum Gasteiger partial charge on any atom is -0.496 e. The van der Waals surface area contributed by atoms with Crippen molar-refractivity contribution in [3.63, 3.8) is 0 Å². The van der Waals surface area contributed by atoms with Gasteiger partial charge in [-0.15, -0.1) is 0 Å². The van der Waals surface area contributed by atoms with Gasteiger partial charge < -0.3 is 19.6 Å². The van der Waals surface area contributed by atoms with Gasteiger partial charge in [-0.05, 0) is 31.7 Å². The Hall–Kier alpha value is -1.55. The van der Waals surface area contributed by atoms with Crippen LogP contribution < -0.4 is 14.8 Å². The molecule has 0 radical (unpaired) electrons. The Labute approximate surface area is 95.6 Å². The standard InChI is InChI=1S/C12H17NO3/c1-8-5-12(16-4)9(6-11(8)15-3)10(7-14)13-2/h5-7,10,13H,1-4H3. The summed E-state index contributed by atoms with van der Waals surface area (Å²) in [4.78, 5) is 10.9. The number of benzene rings is 1. The van der Waals surface area contributed by atoms with Crippen LogP contribution in [0.15, 0.2) is 12.1 Å². The van der Waals surface area contributed by atoms with Gasteiger partial charge in [0.25, 0.3) is 0 Å². The molecule has 0 fully saturated rings. The molecule has 0 aliphatic carbocycles. The number of hydrogen-bond donors (Lipinski definition) is 1. The molecule has 4 heteroatoms. The van der Waals surface area contributed by atoms with Crippen molar-refractivity contribution in [1.82, 2.24) is 5.32 Å². The van der Waals surface area contributed by atoms with Crippen LogP contribution >= 0.6 is 0 Å². The zero-order valence-corrected chi connectivity index (χ0v) is 10.0. The molecule has 1 aromatic carbocycles. The van der Waals surface area contributed by atoms with Gasteiger partial charge in [-0.2, -0.15) is 0 Å². The number of carbonyl (C=O) groups excluding carboxylic acids is 1. The molecule has 16 heavy (non-hydrogen) atoms. The number of nitrogens with one attached hydrogen (secondary N) is 1. The molecule has 1 rings (SSSR count). The number of likely N-dealkylation sites (N-methyl/N-ethyl adjacent to an activating group) is 1.